The van der Waals surface area contributed by atoms with Crippen LogP contribution in [0, 0.1) is 17.6 Å². The average Bonchev–Trinajstić information content (AvgIpc) is 3.92. The molecule has 3 saturated carbocycles. The first-order chi connectivity index (χ1) is 22.4. The first kappa shape index (κ1) is 30.5. The van der Waals surface area contributed by atoms with Crippen LogP contribution in [0.3, 0.4) is 0 Å². The van der Waals surface area contributed by atoms with Crippen molar-refractivity contribution < 1.29 is 33.0 Å². The number of nitrogens with one attached hydrogen (secondary N) is 1. The van der Waals surface area contributed by atoms with E-state index in [1.165, 1.54) is 6.07 Å². The summed E-state index contributed by atoms with van der Waals surface area (Å²) in [6.07, 6.45) is 5.53. The van der Waals surface area contributed by atoms with Crippen molar-refractivity contribution in [1.82, 2.24) is 15.3 Å². The Labute approximate surface area is 277 Å². The number of amides is 2. The minimum Gasteiger partial charge on any atom is -0.489 e. The highest BCUT2D eigenvalue weighted by atomic mass is 35.5. The fourth-order valence-corrected chi connectivity index (χ4v) is 7.48. The summed E-state index contributed by atoms with van der Waals surface area (Å²) in [5.74, 6) is -2.18. The summed E-state index contributed by atoms with van der Waals surface area (Å²) in [4.78, 5) is 35.8. The average molecular weight is 681 g/mol. The Bertz CT molecular complexity index is 1990. The van der Waals surface area contributed by atoms with E-state index in [0.717, 1.165) is 47.0 Å². The van der Waals surface area contributed by atoms with Crippen molar-refractivity contribution in [3.8, 4) is 22.8 Å². The number of benzene rings is 2. The summed E-state index contributed by atoms with van der Waals surface area (Å²) in [5.41, 5.74) is 4.07. The third kappa shape index (κ3) is 5.30. The molecule has 0 radical (unpaired) electrons. The number of nitrogens with zero attached hydrogens (tertiary/aromatic N) is 2. The van der Waals surface area contributed by atoms with E-state index in [1.807, 2.05) is 0 Å². The van der Waals surface area contributed by atoms with Gasteiger partial charge in [-0.15, -0.1) is 11.3 Å². The molecule has 0 spiro atoms. The van der Waals surface area contributed by atoms with Crippen LogP contribution in [-0.4, -0.2) is 46.1 Å². The molecule has 0 bridgehead atoms. The summed E-state index contributed by atoms with van der Waals surface area (Å²) in [6.45, 7) is 1.22. The number of aliphatic hydroxyl groups is 1. The van der Waals surface area contributed by atoms with E-state index in [1.54, 1.807) is 30.4 Å². The molecule has 4 aromatic rings. The highest BCUT2D eigenvalue weighted by molar-refractivity contribution is 7.18. The Morgan fingerprint density at radius 3 is 2.57 bits per heavy atom. The molecule has 1 aliphatic heterocycles. The predicted octanol–water partition coefficient (Wildman–Crippen LogP) is 5.87. The number of fused-ring (bicyclic) bond motifs is 2. The van der Waals surface area contributed by atoms with E-state index in [-0.39, 0.29) is 52.9 Å². The van der Waals surface area contributed by atoms with Crippen LogP contribution in [0.4, 0.5) is 8.78 Å². The molecule has 9 nitrogen and oxygen atoms in total. The molecule has 8 rings (SSSR count). The minimum atomic E-state index is -1.71. The number of ether oxygens (including phenoxy) is 2. The van der Waals surface area contributed by atoms with E-state index in [9.17, 15) is 19.1 Å². The molecule has 4 aliphatic rings. The minimum absolute atomic E-state index is 0.0590. The van der Waals surface area contributed by atoms with Gasteiger partial charge in [-0.05, 0) is 75.6 Å². The van der Waals surface area contributed by atoms with E-state index >= 15 is 4.39 Å². The van der Waals surface area contributed by atoms with Crippen LogP contribution in [0.5, 0.6) is 11.5 Å². The normalized spacial score (nSPS) is 21.6. The second-order valence-corrected chi connectivity index (χ2v) is 14.8. The molecule has 4 N–H and O–H groups in total. The molecule has 0 unspecified atom stereocenters. The fourth-order valence-electron chi connectivity index (χ4n) is 6.13. The number of primary amides is 1. The van der Waals surface area contributed by atoms with E-state index in [2.05, 4.69) is 10.3 Å². The second-order valence-electron chi connectivity index (χ2n) is 13.3. The van der Waals surface area contributed by atoms with E-state index < -0.39 is 34.5 Å². The van der Waals surface area contributed by atoms with Gasteiger partial charge in [-0.25, -0.2) is 18.7 Å². The van der Waals surface area contributed by atoms with Gasteiger partial charge >= 0.3 is 0 Å². The lowest BCUT2D eigenvalue weighted by Crippen LogP contribution is -2.44. The van der Waals surface area contributed by atoms with Crippen LogP contribution in [0.1, 0.15) is 78.0 Å². The summed E-state index contributed by atoms with van der Waals surface area (Å²) >= 11 is 7.60. The molecule has 3 heterocycles. The number of hydrogen-bond acceptors (Lipinski definition) is 8. The van der Waals surface area contributed by atoms with Crippen LogP contribution >= 0.6 is 22.9 Å². The van der Waals surface area contributed by atoms with Crippen molar-refractivity contribution in [2.45, 2.75) is 68.5 Å². The lowest BCUT2D eigenvalue weighted by molar-refractivity contribution is -0.123. The van der Waals surface area contributed by atoms with Gasteiger partial charge in [0.15, 0.2) is 0 Å². The zero-order valence-electron chi connectivity index (χ0n) is 25.4. The number of rotatable bonds is 10. The largest absolute Gasteiger partial charge is 0.489 e. The second kappa shape index (κ2) is 10.8. The maximum Gasteiger partial charge on any atom is 0.251 e. The van der Waals surface area contributed by atoms with Gasteiger partial charge < -0.3 is 25.6 Å². The number of hydrogen-bond donors (Lipinski definition) is 3. The number of thiazole rings is 1. The Kier molecular flexibility index (Phi) is 7.02. The van der Waals surface area contributed by atoms with Crippen molar-refractivity contribution >= 4 is 45.0 Å². The number of carbonyl (C=O) groups is 2. The molecular weight excluding hydrogens is 650 g/mol. The van der Waals surface area contributed by atoms with Crippen molar-refractivity contribution in [2.75, 3.05) is 13.2 Å². The number of halogens is 3. The van der Waals surface area contributed by atoms with Crippen LogP contribution in [0.25, 0.3) is 21.5 Å². The Hall–Kier alpha value is -3.87. The molecule has 0 saturated heterocycles. The SMILES string of the molecule is C[C@]1(C(N)=O)COc2c1cc([C@@](O)(CNC(=O)c1cc(OC3CC3)c3nc(C4CC4)sc3c1)C1CC1)nc2-c1cc(Cl)c(F)cc1F. The maximum atomic E-state index is 15.2. The Balaban J connectivity index is 1.17. The molecule has 2 aromatic heterocycles. The monoisotopic (exact) mass is 680 g/mol. The van der Waals surface area contributed by atoms with Gasteiger partial charge in [0.05, 0.1) is 33.1 Å². The topological polar surface area (TPSA) is 137 Å². The first-order valence-electron chi connectivity index (χ1n) is 15.7. The zero-order chi connectivity index (χ0) is 32.8. The van der Waals surface area contributed by atoms with Crippen LogP contribution < -0.4 is 20.5 Å². The Morgan fingerprint density at radius 2 is 1.89 bits per heavy atom. The van der Waals surface area contributed by atoms with Gasteiger partial charge in [0.1, 0.15) is 52.0 Å². The molecule has 244 valence electrons. The summed E-state index contributed by atoms with van der Waals surface area (Å²) < 4.78 is 42.2. The lowest BCUT2D eigenvalue weighted by Gasteiger charge is -2.30. The summed E-state index contributed by atoms with van der Waals surface area (Å²) in [6, 6.07) is 6.76. The predicted molar refractivity (Wildman–Crippen MR) is 171 cm³/mol. The number of aromatic nitrogens is 2. The summed E-state index contributed by atoms with van der Waals surface area (Å²) in [5, 5.41) is 15.9. The van der Waals surface area contributed by atoms with E-state index in [0.29, 0.717) is 41.7 Å². The van der Waals surface area contributed by atoms with Gasteiger partial charge in [0.2, 0.25) is 5.91 Å². The van der Waals surface area contributed by atoms with Gasteiger partial charge in [-0.1, -0.05) is 11.6 Å². The highest BCUT2D eigenvalue weighted by Crippen LogP contribution is 2.51. The van der Waals surface area contributed by atoms with Crippen molar-refractivity contribution in [1.29, 1.82) is 0 Å². The Morgan fingerprint density at radius 1 is 1.13 bits per heavy atom. The fraction of sp³-hybridized carbons (Fsp3) is 0.412. The van der Waals surface area contributed by atoms with Gasteiger partial charge in [0.25, 0.3) is 5.91 Å². The van der Waals surface area contributed by atoms with Crippen LogP contribution in [0.2, 0.25) is 5.02 Å². The van der Waals surface area contributed by atoms with Crippen LogP contribution in [0.15, 0.2) is 30.3 Å². The quantitative estimate of drug-likeness (QED) is 0.178. The molecule has 47 heavy (non-hydrogen) atoms. The molecule has 3 fully saturated rings. The standard InChI is InChI=1S/C34H31ClF2N4O5S/c1-33(32(38)43)14-45-29-20(33)11-26(40-27(29)19-10-21(35)23(37)12-22(19)36)34(44,17-4-5-17)13-39-30(42)16-8-24(46-18-6-7-18)28-25(9-16)47-31(41-28)15-2-3-15/h8-12,15,17-18,44H,2-7,13-14H2,1H3,(H2,38,43)(H,39,42)/t33-,34+/m0/s1. The van der Waals surface area contributed by atoms with E-state index in [4.69, 9.17) is 31.8 Å². The molecule has 2 amide bonds. The molecule has 13 heteroatoms. The highest BCUT2D eigenvalue weighted by Gasteiger charge is 2.50. The zero-order valence-corrected chi connectivity index (χ0v) is 26.9. The number of carbonyl (C=O) groups excluding carboxylic acids is 2. The smallest absolute Gasteiger partial charge is 0.251 e. The maximum absolute atomic E-state index is 15.2. The molecule has 2 atom stereocenters. The van der Waals surface area contributed by atoms with Crippen molar-refractivity contribution in [3.63, 3.8) is 0 Å². The van der Waals surface area contributed by atoms with Crippen molar-refractivity contribution in [2.24, 2.45) is 11.7 Å². The summed E-state index contributed by atoms with van der Waals surface area (Å²) in [7, 11) is 0. The lowest BCUT2D eigenvalue weighted by atomic mass is 9.81. The van der Waals surface area contributed by atoms with Gasteiger partial charge in [-0.3, -0.25) is 9.59 Å². The third-order valence-corrected chi connectivity index (χ3v) is 11.0. The van der Waals surface area contributed by atoms with Gasteiger partial charge in [0, 0.05) is 28.7 Å². The van der Waals surface area contributed by atoms with Crippen LogP contribution in [-0.2, 0) is 15.8 Å². The number of pyridine rings is 1. The first-order valence-corrected chi connectivity index (χ1v) is 16.9. The molecule has 3 aliphatic carbocycles. The van der Waals surface area contributed by atoms with Gasteiger partial charge in [-0.2, -0.15) is 0 Å². The number of nitrogens with two attached hydrogens (primary N) is 1. The molecule has 2 aromatic carbocycles. The molecular formula is C34H31ClF2N4O5S. The third-order valence-electron chi connectivity index (χ3n) is 9.58. The van der Waals surface area contributed by atoms with Crippen molar-refractivity contribution in [3.05, 3.63) is 68.8 Å².